The van der Waals surface area contributed by atoms with Crippen LogP contribution in [-0.2, 0) is 9.59 Å². The average Bonchev–Trinajstić information content (AvgIpc) is 2.50. The number of hydrogen-bond acceptors (Lipinski definition) is 2. The van der Waals surface area contributed by atoms with Crippen molar-refractivity contribution in [2.24, 2.45) is 0 Å². The summed E-state index contributed by atoms with van der Waals surface area (Å²) in [7, 11) is 0. The van der Waals surface area contributed by atoms with Gasteiger partial charge in [0.2, 0.25) is 11.8 Å². The van der Waals surface area contributed by atoms with E-state index < -0.39 is 5.82 Å². The second kappa shape index (κ2) is 7.73. The average molecular weight is 328 g/mol. The predicted molar refractivity (Wildman–Crippen MR) is 93.6 cm³/mol. The van der Waals surface area contributed by atoms with E-state index in [-0.39, 0.29) is 24.8 Å². The molecule has 0 saturated heterocycles. The first-order valence-electron chi connectivity index (χ1n) is 7.77. The van der Waals surface area contributed by atoms with Crippen LogP contribution in [0.15, 0.2) is 42.5 Å². The Morgan fingerprint density at radius 2 is 1.83 bits per heavy atom. The van der Waals surface area contributed by atoms with Gasteiger partial charge in [-0.05, 0) is 55.3 Å². The van der Waals surface area contributed by atoms with E-state index in [1.165, 1.54) is 25.1 Å². The Morgan fingerprint density at radius 1 is 1.08 bits per heavy atom. The van der Waals surface area contributed by atoms with Crippen LogP contribution >= 0.6 is 0 Å². The standard InChI is InChI=1S/C19H21FN2O2/c1-13-7-8-18(11-14(13)2)22(15(3)23)10-9-19(24)21-17-6-4-5-16(20)12-17/h4-8,11-12H,9-10H2,1-3H3,(H,21,24). The molecule has 2 aromatic carbocycles. The molecule has 0 fully saturated rings. The summed E-state index contributed by atoms with van der Waals surface area (Å²) >= 11 is 0. The Kier molecular flexibility index (Phi) is 5.68. The first kappa shape index (κ1) is 17.7. The van der Waals surface area contributed by atoms with Gasteiger partial charge in [0.25, 0.3) is 0 Å². The van der Waals surface area contributed by atoms with Crippen LogP contribution in [0, 0.1) is 19.7 Å². The van der Waals surface area contributed by atoms with Crippen LogP contribution in [0.25, 0.3) is 0 Å². The van der Waals surface area contributed by atoms with Gasteiger partial charge in [0.05, 0.1) is 0 Å². The third-order valence-electron chi connectivity index (χ3n) is 3.85. The Hall–Kier alpha value is -2.69. The van der Waals surface area contributed by atoms with Crippen LogP contribution in [0.1, 0.15) is 24.5 Å². The minimum atomic E-state index is -0.409. The molecule has 0 heterocycles. The van der Waals surface area contributed by atoms with Gasteiger partial charge < -0.3 is 10.2 Å². The van der Waals surface area contributed by atoms with Gasteiger partial charge in [-0.2, -0.15) is 0 Å². The highest BCUT2D eigenvalue weighted by Gasteiger charge is 2.14. The highest BCUT2D eigenvalue weighted by Crippen LogP contribution is 2.19. The summed E-state index contributed by atoms with van der Waals surface area (Å²) in [4.78, 5) is 25.5. The number of carbonyl (C=O) groups is 2. The summed E-state index contributed by atoms with van der Waals surface area (Å²) in [5, 5.41) is 2.63. The summed E-state index contributed by atoms with van der Waals surface area (Å²) in [6.07, 6.45) is 0.128. The van der Waals surface area contributed by atoms with Crippen molar-refractivity contribution in [2.75, 3.05) is 16.8 Å². The number of anilines is 2. The van der Waals surface area contributed by atoms with Crippen LogP contribution in [0.3, 0.4) is 0 Å². The molecule has 0 aliphatic rings. The van der Waals surface area contributed by atoms with Crippen molar-refractivity contribution in [1.29, 1.82) is 0 Å². The number of nitrogens with one attached hydrogen (secondary N) is 1. The van der Waals surface area contributed by atoms with E-state index in [0.717, 1.165) is 16.8 Å². The van der Waals surface area contributed by atoms with Crippen molar-refractivity contribution in [2.45, 2.75) is 27.2 Å². The highest BCUT2D eigenvalue weighted by molar-refractivity contribution is 5.94. The predicted octanol–water partition coefficient (Wildman–Crippen LogP) is 3.82. The molecule has 0 atom stereocenters. The minimum Gasteiger partial charge on any atom is -0.326 e. The van der Waals surface area contributed by atoms with Gasteiger partial charge in [-0.15, -0.1) is 0 Å². The van der Waals surface area contributed by atoms with E-state index in [4.69, 9.17) is 0 Å². The van der Waals surface area contributed by atoms with Crippen molar-refractivity contribution >= 4 is 23.2 Å². The van der Waals surface area contributed by atoms with Crippen molar-refractivity contribution in [3.63, 3.8) is 0 Å². The van der Waals surface area contributed by atoms with Crippen LogP contribution in [0.4, 0.5) is 15.8 Å². The van der Waals surface area contributed by atoms with Gasteiger partial charge in [-0.3, -0.25) is 9.59 Å². The highest BCUT2D eigenvalue weighted by atomic mass is 19.1. The fraction of sp³-hybridized carbons (Fsp3) is 0.263. The van der Waals surface area contributed by atoms with Crippen molar-refractivity contribution < 1.29 is 14.0 Å². The molecule has 2 aromatic rings. The second-order valence-electron chi connectivity index (χ2n) is 5.75. The molecule has 2 amide bonds. The summed E-state index contributed by atoms with van der Waals surface area (Å²) in [5.74, 6) is -0.805. The molecule has 24 heavy (non-hydrogen) atoms. The van der Waals surface area contributed by atoms with Gasteiger partial charge in [-0.25, -0.2) is 4.39 Å². The molecule has 0 aliphatic heterocycles. The maximum Gasteiger partial charge on any atom is 0.226 e. The molecule has 5 heteroatoms. The van der Waals surface area contributed by atoms with Crippen molar-refractivity contribution in [3.05, 3.63) is 59.4 Å². The Labute approximate surface area is 141 Å². The first-order valence-corrected chi connectivity index (χ1v) is 7.77. The fourth-order valence-electron chi connectivity index (χ4n) is 2.36. The third kappa shape index (κ3) is 4.65. The van der Waals surface area contributed by atoms with E-state index in [1.807, 2.05) is 32.0 Å². The van der Waals surface area contributed by atoms with Crippen LogP contribution in [0.5, 0.6) is 0 Å². The molecule has 0 bridgehead atoms. The number of amides is 2. The molecule has 0 aromatic heterocycles. The lowest BCUT2D eigenvalue weighted by molar-refractivity contribution is -0.117. The lowest BCUT2D eigenvalue weighted by atomic mass is 10.1. The number of rotatable bonds is 5. The van der Waals surface area contributed by atoms with Crippen LogP contribution < -0.4 is 10.2 Å². The van der Waals surface area contributed by atoms with E-state index in [1.54, 1.807) is 11.0 Å². The number of halogens is 1. The Morgan fingerprint density at radius 3 is 2.46 bits per heavy atom. The zero-order chi connectivity index (χ0) is 17.7. The molecule has 126 valence electrons. The monoisotopic (exact) mass is 328 g/mol. The van der Waals surface area contributed by atoms with Gasteiger partial charge in [0.15, 0.2) is 0 Å². The Bertz CT molecular complexity index is 759. The van der Waals surface area contributed by atoms with Gasteiger partial charge >= 0.3 is 0 Å². The van der Waals surface area contributed by atoms with Gasteiger partial charge in [0.1, 0.15) is 5.82 Å². The summed E-state index contributed by atoms with van der Waals surface area (Å²) < 4.78 is 13.1. The molecular formula is C19H21FN2O2. The molecule has 1 N–H and O–H groups in total. The lowest BCUT2D eigenvalue weighted by Crippen LogP contribution is -2.32. The molecule has 0 spiro atoms. The molecular weight excluding hydrogens is 307 g/mol. The second-order valence-corrected chi connectivity index (χ2v) is 5.75. The summed E-state index contributed by atoms with van der Waals surface area (Å²) in [6, 6.07) is 11.5. The Balaban J connectivity index is 2.02. The van der Waals surface area contributed by atoms with Crippen molar-refractivity contribution in [3.8, 4) is 0 Å². The molecule has 2 rings (SSSR count). The van der Waals surface area contributed by atoms with Crippen LogP contribution in [-0.4, -0.2) is 18.4 Å². The van der Waals surface area contributed by atoms with Gasteiger partial charge in [0, 0.05) is 31.3 Å². The number of nitrogens with zero attached hydrogens (tertiary/aromatic N) is 1. The minimum absolute atomic E-state index is 0.128. The van der Waals surface area contributed by atoms with Crippen molar-refractivity contribution in [1.82, 2.24) is 0 Å². The number of carbonyl (C=O) groups excluding carboxylic acids is 2. The molecule has 0 aliphatic carbocycles. The summed E-state index contributed by atoms with van der Waals surface area (Å²) in [6.45, 7) is 5.72. The van der Waals surface area contributed by atoms with E-state index in [0.29, 0.717) is 5.69 Å². The first-order chi connectivity index (χ1) is 11.4. The maximum absolute atomic E-state index is 13.1. The number of hydrogen-bond donors (Lipinski definition) is 1. The zero-order valence-electron chi connectivity index (χ0n) is 14.1. The van der Waals surface area contributed by atoms with Gasteiger partial charge in [-0.1, -0.05) is 12.1 Å². The maximum atomic E-state index is 13.1. The number of aryl methyl sites for hydroxylation is 2. The third-order valence-corrected chi connectivity index (χ3v) is 3.85. The molecule has 4 nitrogen and oxygen atoms in total. The van der Waals surface area contributed by atoms with E-state index >= 15 is 0 Å². The smallest absolute Gasteiger partial charge is 0.226 e. The SMILES string of the molecule is CC(=O)N(CCC(=O)Nc1cccc(F)c1)c1ccc(C)c(C)c1. The largest absolute Gasteiger partial charge is 0.326 e. The van der Waals surface area contributed by atoms with Crippen LogP contribution in [0.2, 0.25) is 0 Å². The zero-order valence-corrected chi connectivity index (χ0v) is 14.1. The molecule has 0 unspecified atom stereocenters. The number of benzene rings is 2. The van der Waals surface area contributed by atoms with E-state index in [2.05, 4.69) is 5.32 Å². The summed E-state index contributed by atoms with van der Waals surface area (Å²) in [5.41, 5.74) is 3.40. The molecule has 0 saturated carbocycles. The fourth-order valence-corrected chi connectivity index (χ4v) is 2.36. The normalized spacial score (nSPS) is 10.3. The topological polar surface area (TPSA) is 49.4 Å². The van der Waals surface area contributed by atoms with E-state index in [9.17, 15) is 14.0 Å². The lowest BCUT2D eigenvalue weighted by Gasteiger charge is -2.22. The molecule has 0 radical (unpaired) electrons. The quantitative estimate of drug-likeness (QED) is 0.907.